The first-order valence-corrected chi connectivity index (χ1v) is 8.55. The Bertz CT molecular complexity index is 943. The second kappa shape index (κ2) is 4.82. The minimum absolute atomic E-state index is 0.0602. The summed E-state index contributed by atoms with van der Waals surface area (Å²) in [5.41, 5.74) is 2.45. The van der Waals surface area contributed by atoms with Crippen LogP contribution in [0.5, 0.6) is 0 Å². The molecule has 0 spiro atoms. The monoisotopic (exact) mass is 321 g/mol. The molecule has 0 saturated heterocycles. The van der Waals surface area contributed by atoms with Gasteiger partial charge in [-0.2, -0.15) is 5.10 Å². The SMILES string of the molecule is Cc1nn(-c2ccnc3ccccc23)c(C)c1S(=O)(=O)Cl. The number of aromatic nitrogens is 3. The highest BCUT2D eigenvalue weighted by atomic mass is 35.7. The van der Waals surface area contributed by atoms with Gasteiger partial charge >= 0.3 is 0 Å². The van der Waals surface area contributed by atoms with Crippen LogP contribution >= 0.6 is 10.7 Å². The van der Waals surface area contributed by atoms with Gasteiger partial charge in [0.15, 0.2) is 0 Å². The second-order valence-corrected chi connectivity index (χ2v) is 7.20. The van der Waals surface area contributed by atoms with Crippen molar-refractivity contribution in [1.82, 2.24) is 14.8 Å². The molecule has 0 aliphatic carbocycles. The van der Waals surface area contributed by atoms with Gasteiger partial charge < -0.3 is 0 Å². The molecule has 0 N–H and O–H groups in total. The molecule has 3 aromatic rings. The summed E-state index contributed by atoms with van der Waals surface area (Å²) in [6.07, 6.45) is 1.67. The third-order valence-electron chi connectivity index (χ3n) is 3.32. The van der Waals surface area contributed by atoms with E-state index < -0.39 is 9.05 Å². The number of benzene rings is 1. The van der Waals surface area contributed by atoms with E-state index in [-0.39, 0.29) is 4.90 Å². The maximum Gasteiger partial charge on any atom is 0.264 e. The van der Waals surface area contributed by atoms with Crippen LogP contribution in [0.25, 0.3) is 16.6 Å². The molecule has 0 bridgehead atoms. The van der Waals surface area contributed by atoms with Crippen molar-refractivity contribution in [3.05, 3.63) is 47.9 Å². The van der Waals surface area contributed by atoms with Gasteiger partial charge in [0.2, 0.25) is 0 Å². The summed E-state index contributed by atoms with van der Waals surface area (Å²) < 4.78 is 25.0. The Morgan fingerprint density at radius 2 is 1.86 bits per heavy atom. The maximum absolute atomic E-state index is 11.7. The highest BCUT2D eigenvalue weighted by Gasteiger charge is 2.23. The number of aryl methyl sites for hydroxylation is 1. The Morgan fingerprint density at radius 1 is 1.14 bits per heavy atom. The van der Waals surface area contributed by atoms with Gasteiger partial charge in [-0.05, 0) is 26.0 Å². The summed E-state index contributed by atoms with van der Waals surface area (Å²) in [4.78, 5) is 4.35. The summed E-state index contributed by atoms with van der Waals surface area (Å²) in [5, 5.41) is 5.21. The van der Waals surface area contributed by atoms with E-state index in [1.54, 1.807) is 30.8 Å². The molecule has 1 aromatic carbocycles. The van der Waals surface area contributed by atoms with Crippen LogP contribution in [0.1, 0.15) is 11.4 Å². The van der Waals surface area contributed by atoms with Crippen LogP contribution in [0.2, 0.25) is 0 Å². The predicted molar refractivity (Wildman–Crippen MR) is 81.4 cm³/mol. The zero-order chi connectivity index (χ0) is 15.2. The van der Waals surface area contributed by atoms with Gasteiger partial charge in [-0.3, -0.25) is 4.98 Å². The van der Waals surface area contributed by atoms with Crippen LogP contribution in [-0.2, 0) is 9.05 Å². The molecule has 0 saturated carbocycles. The van der Waals surface area contributed by atoms with E-state index in [4.69, 9.17) is 10.7 Å². The number of hydrogen-bond acceptors (Lipinski definition) is 4. The molecule has 7 heteroatoms. The molecule has 0 amide bonds. The maximum atomic E-state index is 11.7. The largest absolute Gasteiger partial charge is 0.264 e. The standard InChI is InChI=1S/C14H12ClN3O2S/c1-9-14(21(15,19)20)10(2)18(17-9)13-7-8-16-12-6-4-3-5-11(12)13/h3-8H,1-2H3. The fourth-order valence-corrected chi connectivity index (χ4v) is 3.98. The first-order valence-electron chi connectivity index (χ1n) is 6.24. The molecule has 0 unspecified atom stereocenters. The van der Waals surface area contributed by atoms with Crippen molar-refractivity contribution in [2.24, 2.45) is 0 Å². The number of rotatable bonds is 2. The van der Waals surface area contributed by atoms with E-state index in [0.29, 0.717) is 11.4 Å². The van der Waals surface area contributed by atoms with E-state index in [1.165, 1.54) is 0 Å². The second-order valence-electron chi connectivity index (χ2n) is 4.70. The van der Waals surface area contributed by atoms with Crippen LogP contribution in [0.15, 0.2) is 41.4 Å². The van der Waals surface area contributed by atoms with Gasteiger partial charge in [0.1, 0.15) is 4.90 Å². The summed E-state index contributed by atoms with van der Waals surface area (Å²) >= 11 is 0. The number of pyridine rings is 1. The summed E-state index contributed by atoms with van der Waals surface area (Å²) in [6, 6.07) is 9.41. The third-order valence-corrected chi connectivity index (χ3v) is 4.86. The normalized spacial score (nSPS) is 12.0. The van der Waals surface area contributed by atoms with Crippen molar-refractivity contribution in [2.45, 2.75) is 18.7 Å². The number of halogens is 1. The first kappa shape index (κ1) is 14.0. The number of hydrogen-bond donors (Lipinski definition) is 0. The highest BCUT2D eigenvalue weighted by molar-refractivity contribution is 8.13. The first-order chi connectivity index (χ1) is 9.89. The highest BCUT2D eigenvalue weighted by Crippen LogP contribution is 2.28. The molecule has 2 aromatic heterocycles. The summed E-state index contributed by atoms with van der Waals surface area (Å²) in [5.74, 6) is 0. The Balaban J connectivity index is 2.35. The summed E-state index contributed by atoms with van der Waals surface area (Å²) in [6.45, 7) is 3.31. The van der Waals surface area contributed by atoms with E-state index >= 15 is 0 Å². The van der Waals surface area contributed by atoms with Gasteiger partial charge in [0, 0.05) is 22.3 Å². The van der Waals surface area contributed by atoms with Crippen LogP contribution in [0.4, 0.5) is 0 Å². The smallest absolute Gasteiger partial charge is 0.256 e. The lowest BCUT2D eigenvalue weighted by molar-refractivity contribution is 0.608. The lowest BCUT2D eigenvalue weighted by Gasteiger charge is -2.08. The molecule has 0 aliphatic rings. The Labute approximate surface area is 126 Å². The van der Waals surface area contributed by atoms with E-state index in [1.807, 2.05) is 24.3 Å². The topological polar surface area (TPSA) is 64.8 Å². The molecular weight excluding hydrogens is 310 g/mol. The number of fused-ring (bicyclic) bond motifs is 1. The summed E-state index contributed by atoms with van der Waals surface area (Å²) in [7, 11) is 1.66. The third kappa shape index (κ3) is 2.30. The lowest BCUT2D eigenvalue weighted by atomic mass is 10.2. The fourth-order valence-electron chi connectivity index (χ4n) is 2.48. The van der Waals surface area contributed by atoms with Crippen molar-refractivity contribution in [2.75, 3.05) is 0 Å². The predicted octanol–water partition coefficient (Wildman–Crippen LogP) is 2.96. The van der Waals surface area contributed by atoms with Gasteiger partial charge in [-0.1, -0.05) is 18.2 Å². The van der Waals surface area contributed by atoms with Crippen LogP contribution in [-0.4, -0.2) is 23.2 Å². The van der Waals surface area contributed by atoms with Gasteiger partial charge in [0.05, 0.1) is 22.6 Å². The van der Waals surface area contributed by atoms with Crippen LogP contribution in [0, 0.1) is 13.8 Å². The Kier molecular flexibility index (Phi) is 3.22. The molecule has 0 aliphatic heterocycles. The molecular formula is C14H12ClN3O2S. The molecule has 3 rings (SSSR count). The van der Waals surface area contributed by atoms with E-state index in [0.717, 1.165) is 16.6 Å². The van der Waals surface area contributed by atoms with Crippen molar-refractivity contribution in [1.29, 1.82) is 0 Å². The van der Waals surface area contributed by atoms with Crippen molar-refractivity contribution in [3.8, 4) is 5.69 Å². The fraction of sp³-hybridized carbons (Fsp3) is 0.143. The molecule has 0 atom stereocenters. The minimum Gasteiger partial charge on any atom is -0.256 e. The number of nitrogens with zero attached hydrogens (tertiary/aromatic N) is 3. The van der Waals surface area contributed by atoms with Crippen molar-refractivity contribution in [3.63, 3.8) is 0 Å². The average molecular weight is 322 g/mol. The molecule has 2 heterocycles. The van der Waals surface area contributed by atoms with Gasteiger partial charge in [-0.25, -0.2) is 13.1 Å². The number of para-hydroxylation sites is 1. The van der Waals surface area contributed by atoms with Gasteiger partial charge in [0.25, 0.3) is 9.05 Å². The van der Waals surface area contributed by atoms with Crippen molar-refractivity contribution >= 4 is 30.6 Å². The lowest BCUT2D eigenvalue weighted by Crippen LogP contribution is -2.02. The van der Waals surface area contributed by atoms with Gasteiger partial charge in [-0.15, -0.1) is 0 Å². The minimum atomic E-state index is -3.83. The van der Waals surface area contributed by atoms with E-state index in [2.05, 4.69) is 10.1 Å². The zero-order valence-corrected chi connectivity index (χ0v) is 13.0. The Morgan fingerprint density at radius 3 is 2.52 bits per heavy atom. The molecule has 21 heavy (non-hydrogen) atoms. The Hall–Kier alpha value is -1.92. The molecule has 5 nitrogen and oxygen atoms in total. The molecule has 0 radical (unpaired) electrons. The van der Waals surface area contributed by atoms with Crippen molar-refractivity contribution < 1.29 is 8.42 Å². The van der Waals surface area contributed by atoms with Crippen LogP contribution < -0.4 is 0 Å². The quantitative estimate of drug-likeness (QED) is 0.681. The zero-order valence-electron chi connectivity index (χ0n) is 11.4. The molecule has 108 valence electrons. The van der Waals surface area contributed by atoms with E-state index in [9.17, 15) is 8.42 Å². The van der Waals surface area contributed by atoms with Crippen LogP contribution in [0.3, 0.4) is 0 Å². The average Bonchev–Trinajstić information content (AvgIpc) is 2.73. The molecule has 0 fully saturated rings.